The van der Waals surface area contributed by atoms with Crippen LogP contribution in [0.4, 0.5) is 0 Å². The van der Waals surface area contributed by atoms with Crippen molar-refractivity contribution in [3.8, 4) is 5.75 Å². The van der Waals surface area contributed by atoms with Crippen molar-refractivity contribution in [3.05, 3.63) is 60.4 Å². The van der Waals surface area contributed by atoms with Crippen LogP contribution in [0.5, 0.6) is 5.75 Å². The smallest absolute Gasteiger partial charge is 0.240 e. The maximum atomic E-state index is 13.7. The number of ether oxygens (including phenoxy) is 1. The minimum Gasteiger partial charge on any atom is -0.492 e. The molecule has 0 spiro atoms. The second-order valence-electron chi connectivity index (χ2n) is 9.34. The van der Waals surface area contributed by atoms with Crippen LogP contribution in [-0.4, -0.2) is 58.7 Å². The van der Waals surface area contributed by atoms with E-state index in [2.05, 4.69) is 4.98 Å². The maximum absolute atomic E-state index is 13.7. The number of hydrogen-bond acceptors (Lipinski definition) is 5. The van der Waals surface area contributed by atoms with E-state index in [0.717, 1.165) is 31.2 Å². The monoisotopic (exact) mass is 463 g/mol. The third-order valence-electron chi connectivity index (χ3n) is 7.13. The van der Waals surface area contributed by atoms with Crippen molar-refractivity contribution in [2.45, 2.75) is 62.8 Å². The molecule has 0 radical (unpaired) electrons. The molecule has 0 N–H and O–H groups in total. The first-order chi connectivity index (χ1) is 16.5. The summed E-state index contributed by atoms with van der Waals surface area (Å²) in [7, 11) is 1.84. The summed E-state index contributed by atoms with van der Waals surface area (Å²) < 4.78 is 5.66. The van der Waals surface area contributed by atoms with E-state index in [9.17, 15) is 14.4 Å². The zero-order valence-corrected chi connectivity index (χ0v) is 19.8. The predicted octanol–water partition coefficient (Wildman–Crippen LogP) is 3.73. The number of rotatable bonds is 9. The van der Waals surface area contributed by atoms with Crippen molar-refractivity contribution in [2.75, 3.05) is 20.2 Å². The Morgan fingerprint density at radius 3 is 2.59 bits per heavy atom. The van der Waals surface area contributed by atoms with Crippen molar-refractivity contribution in [1.29, 1.82) is 0 Å². The highest BCUT2D eigenvalue weighted by molar-refractivity contribution is 6.10. The van der Waals surface area contributed by atoms with Gasteiger partial charge < -0.3 is 9.64 Å². The van der Waals surface area contributed by atoms with Crippen LogP contribution in [0.1, 0.15) is 56.9 Å². The molecule has 7 heteroatoms. The van der Waals surface area contributed by atoms with E-state index < -0.39 is 5.41 Å². The van der Waals surface area contributed by atoms with Crippen LogP contribution < -0.4 is 4.74 Å². The van der Waals surface area contributed by atoms with Crippen molar-refractivity contribution in [3.63, 3.8) is 0 Å². The molecular weight excluding hydrogens is 430 g/mol. The van der Waals surface area contributed by atoms with E-state index >= 15 is 0 Å². The van der Waals surface area contributed by atoms with Gasteiger partial charge in [0.25, 0.3) is 0 Å². The van der Waals surface area contributed by atoms with Gasteiger partial charge in [-0.3, -0.25) is 24.3 Å². The van der Waals surface area contributed by atoms with Gasteiger partial charge >= 0.3 is 0 Å². The van der Waals surface area contributed by atoms with Gasteiger partial charge in [-0.2, -0.15) is 0 Å². The molecule has 1 aliphatic heterocycles. The van der Waals surface area contributed by atoms with Crippen molar-refractivity contribution >= 4 is 17.7 Å². The zero-order valence-electron chi connectivity index (χ0n) is 19.8. The molecule has 0 unspecified atom stereocenters. The number of aromatic nitrogens is 1. The third kappa shape index (κ3) is 5.13. The molecule has 1 saturated heterocycles. The van der Waals surface area contributed by atoms with Gasteiger partial charge in [-0.25, -0.2) is 0 Å². The minimum absolute atomic E-state index is 0.0112. The van der Waals surface area contributed by atoms with Gasteiger partial charge in [0.15, 0.2) is 0 Å². The lowest BCUT2D eigenvalue weighted by molar-refractivity contribution is -0.143. The molecule has 7 nitrogen and oxygen atoms in total. The van der Waals surface area contributed by atoms with Crippen molar-refractivity contribution < 1.29 is 19.1 Å². The number of benzene rings is 1. The first-order valence-electron chi connectivity index (χ1n) is 12.2. The van der Waals surface area contributed by atoms with Crippen LogP contribution in [0.2, 0.25) is 0 Å². The Balaban J connectivity index is 1.47. The Kier molecular flexibility index (Phi) is 7.60. The standard InChI is InChI=1S/C27H33N3O4/c1-29(22-12-6-3-7-13-22)24(31)18-27(21-10-4-2-5-11-21)19-25(32)30(26(27)33)16-9-17-34-23-14-8-15-28-20-23/h2,4-5,8,10-11,14-15,20,22H,3,6-7,9,12-13,16-19H2,1H3/t27-/m0/s1. The topological polar surface area (TPSA) is 79.8 Å². The number of pyridine rings is 1. The van der Waals surface area contributed by atoms with E-state index in [1.54, 1.807) is 18.5 Å². The van der Waals surface area contributed by atoms with Crippen LogP contribution in [0.3, 0.4) is 0 Å². The summed E-state index contributed by atoms with van der Waals surface area (Å²) in [6.07, 6.45) is 9.28. The molecule has 4 rings (SSSR count). The fourth-order valence-electron chi connectivity index (χ4n) is 5.15. The van der Waals surface area contributed by atoms with Crippen LogP contribution in [0.25, 0.3) is 0 Å². The average molecular weight is 464 g/mol. The van der Waals surface area contributed by atoms with Gasteiger partial charge in [-0.15, -0.1) is 0 Å². The number of imide groups is 1. The second kappa shape index (κ2) is 10.8. The summed E-state index contributed by atoms with van der Waals surface area (Å²) in [4.78, 5) is 47.2. The Morgan fingerprint density at radius 2 is 1.88 bits per heavy atom. The lowest BCUT2D eigenvalue weighted by atomic mass is 9.75. The van der Waals surface area contributed by atoms with Gasteiger partial charge in [0.1, 0.15) is 5.75 Å². The third-order valence-corrected chi connectivity index (χ3v) is 7.13. The quantitative estimate of drug-likeness (QED) is 0.418. The Bertz CT molecular complexity index is 991. The number of amides is 3. The van der Waals surface area contributed by atoms with Crippen molar-refractivity contribution in [2.24, 2.45) is 0 Å². The van der Waals surface area contributed by atoms with Crippen LogP contribution in [0.15, 0.2) is 54.9 Å². The SMILES string of the molecule is CN(C(=O)C[C@@]1(c2ccccc2)CC(=O)N(CCCOc2cccnc2)C1=O)C1CCCCC1. The molecular formula is C27H33N3O4. The van der Waals surface area contributed by atoms with E-state index in [1.165, 1.54) is 11.3 Å². The number of likely N-dealkylation sites (tertiary alicyclic amines) is 1. The van der Waals surface area contributed by atoms with Crippen LogP contribution in [-0.2, 0) is 19.8 Å². The van der Waals surface area contributed by atoms with Crippen LogP contribution in [0, 0.1) is 0 Å². The highest BCUT2D eigenvalue weighted by Crippen LogP contribution is 2.40. The first kappa shape index (κ1) is 23.9. The van der Waals surface area contributed by atoms with E-state index in [1.807, 2.05) is 48.3 Å². The molecule has 2 heterocycles. The lowest BCUT2D eigenvalue weighted by Gasteiger charge is -2.34. The molecule has 2 fully saturated rings. The molecule has 1 saturated carbocycles. The molecule has 1 aromatic carbocycles. The molecule has 0 bridgehead atoms. The Hall–Kier alpha value is -3.22. The fourth-order valence-corrected chi connectivity index (χ4v) is 5.15. The zero-order chi connectivity index (χ0) is 24.0. The minimum atomic E-state index is -1.15. The lowest BCUT2D eigenvalue weighted by Crippen LogP contribution is -2.45. The highest BCUT2D eigenvalue weighted by atomic mass is 16.5. The number of carbonyl (C=O) groups is 3. The van der Waals surface area contributed by atoms with Crippen LogP contribution >= 0.6 is 0 Å². The molecule has 180 valence electrons. The summed E-state index contributed by atoms with van der Waals surface area (Å²) in [6, 6.07) is 13.1. The number of hydrogen-bond donors (Lipinski definition) is 0. The maximum Gasteiger partial charge on any atom is 0.240 e. The summed E-state index contributed by atoms with van der Waals surface area (Å²) in [6.45, 7) is 0.629. The molecule has 1 aromatic heterocycles. The fraction of sp³-hybridized carbons (Fsp3) is 0.481. The second-order valence-corrected chi connectivity index (χ2v) is 9.34. The van der Waals surface area contributed by atoms with E-state index in [0.29, 0.717) is 18.8 Å². The van der Waals surface area contributed by atoms with Crippen molar-refractivity contribution in [1.82, 2.24) is 14.8 Å². The summed E-state index contributed by atoms with van der Waals surface area (Å²) in [5.41, 5.74) is -0.421. The Labute approximate surface area is 201 Å². The molecule has 2 aliphatic rings. The summed E-state index contributed by atoms with van der Waals surface area (Å²) >= 11 is 0. The Morgan fingerprint density at radius 1 is 1.12 bits per heavy atom. The largest absolute Gasteiger partial charge is 0.492 e. The van der Waals surface area contributed by atoms with Gasteiger partial charge in [-0.1, -0.05) is 49.6 Å². The number of carbonyl (C=O) groups excluding carboxylic acids is 3. The van der Waals surface area contributed by atoms with E-state index in [4.69, 9.17) is 4.74 Å². The summed E-state index contributed by atoms with van der Waals surface area (Å²) in [5.74, 6) is 0.0639. The van der Waals surface area contributed by atoms with Gasteiger partial charge in [0.05, 0.1) is 18.2 Å². The molecule has 2 aromatic rings. The molecule has 1 aliphatic carbocycles. The van der Waals surface area contributed by atoms with E-state index in [-0.39, 0.29) is 43.1 Å². The number of nitrogens with zero attached hydrogens (tertiary/aromatic N) is 3. The summed E-state index contributed by atoms with van der Waals surface area (Å²) in [5, 5.41) is 0. The first-order valence-corrected chi connectivity index (χ1v) is 12.2. The predicted molar refractivity (Wildman–Crippen MR) is 128 cm³/mol. The van der Waals surface area contributed by atoms with Gasteiger partial charge in [0, 0.05) is 38.7 Å². The normalized spacial score (nSPS) is 21.0. The highest BCUT2D eigenvalue weighted by Gasteiger charge is 2.53. The molecule has 3 amide bonds. The average Bonchev–Trinajstić information content (AvgIpc) is 3.12. The molecule has 34 heavy (non-hydrogen) atoms. The molecule has 1 atom stereocenters. The van der Waals surface area contributed by atoms with Gasteiger partial charge in [-0.05, 0) is 37.0 Å². The van der Waals surface area contributed by atoms with Gasteiger partial charge in [0.2, 0.25) is 17.7 Å².